The summed E-state index contributed by atoms with van der Waals surface area (Å²) in [7, 11) is 0. The van der Waals surface area contributed by atoms with Gasteiger partial charge in [0.1, 0.15) is 11.3 Å². The van der Waals surface area contributed by atoms with Gasteiger partial charge in [-0.3, -0.25) is 4.79 Å². The summed E-state index contributed by atoms with van der Waals surface area (Å²) >= 11 is 7.34. The maximum atomic E-state index is 12.1. The van der Waals surface area contributed by atoms with Crippen molar-refractivity contribution in [3.05, 3.63) is 83.3 Å². The lowest BCUT2D eigenvalue weighted by Crippen LogP contribution is -2.16. The van der Waals surface area contributed by atoms with Crippen molar-refractivity contribution in [2.24, 2.45) is 5.10 Å². The molecule has 2 aromatic carbocycles. The zero-order chi connectivity index (χ0) is 18.6. The third-order valence-electron chi connectivity index (χ3n) is 3.64. The van der Waals surface area contributed by atoms with Crippen LogP contribution < -0.4 is 5.43 Å². The molecule has 27 heavy (non-hydrogen) atoms. The lowest BCUT2D eigenvalue weighted by Gasteiger charge is -1.97. The number of carbonyl (C=O) groups excluding carboxylic acids is 1. The number of nitrogens with zero attached hydrogens (tertiary/aromatic N) is 1. The van der Waals surface area contributed by atoms with E-state index in [2.05, 4.69) is 10.5 Å². The summed E-state index contributed by atoms with van der Waals surface area (Å²) in [4.78, 5) is 13.1. The molecule has 1 N–H and O–H groups in total. The Morgan fingerprint density at radius 3 is 2.67 bits per heavy atom. The molecule has 0 saturated carbocycles. The highest BCUT2D eigenvalue weighted by atomic mass is 35.5. The van der Waals surface area contributed by atoms with Gasteiger partial charge in [-0.1, -0.05) is 41.6 Å². The summed E-state index contributed by atoms with van der Waals surface area (Å²) in [6, 6.07) is 20.2. The van der Waals surface area contributed by atoms with Crippen molar-refractivity contribution in [3.8, 4) is 0 Å². The number of rotatable bonds is 5. The smallest absolute Gasteiger partial charge is 0.307 e. The van der Waals surface area contributed by atoms with Crippen molar-refractivity contribution in [1.29, 1.82) is 0 Å². The van der Waals surface area contributed by atoms with Gasteiger partial charge in [-0.15, -0.1) is 0 Å². The fourth-order valence-electron chi connectivity index (χ4n) is 2.38. The van der Waals surface area contributed by atoms with Crippen LogP contribution in [0.1, 0.15) is 16.3 Å². The number of para-hydroxylation sites is 1. The topological polar surface area (TPSA) is 67.7 Å². The Labute approximate surface area is 164 Å². The first-order valence-corrected chi connectivity index (χ1v) is 9.22. The maximum absolute atomic E-state index is 12.1. The van der Waals surface area contributed by atoms with Gasteiger partial charge in [-0.25, -0.2) is 5.43 Å². The number of fused-ring (bicyclic) bond motifs is 1. The van der Waals surface area contributed by atoms with E-state index in [0.29, 0.717) is 21.5 Å². The minimum Gasteiger partial charge on any atom is -0.451 e. The molecule has 1 amide bonds. The molecule has 0 aliphatic carbocycles. The molecule has 0 atom stereocenters. The van der Waals surface area contributed by atoms with E-state index < -0.39 is 5.91 Å². The molecular formula is C20H13ClN2O3S. The van der Waals surface area contributed by atoms with Gasteiger partial charge in [0, 0.05) is 15.3 Å². The fourth-order valence-corrected chi connectivity index (χ4v) is 3.29. The van der Waals surface area contributed by atoms with Gasteiger partial charge >= 0.3 is 5.91 Å². The van der Waals surface area contributed by atoms with Gasteiger partial charge in [-0.05, 0) is 48.5 Å². The van der Waals surface area contributed by atoms with Crippen LogP contribution in [0.25, 0.3) is 11.0 Å². The Kier molecular flexibility index (Phi) is 5.00. The molecule has 0 saturated heterocycles. The molecule has 0 unspecified atom stereocenters. The first-order valence-electron chi connectivity index (χ1n) is 8.03. The number of amides is 1. The third kappa shape index (κ3) is 4.24. The standard InChI is InChI=1S/C20H13ClN2O3S/c21-14-5-8-16(9-6-14)27-19-10-7-15(25-19)12-22-23-20(24)18-11-13-3-1-2-4-17(13)26-18/h1-12H,(H,23,24)/b22-12+. The largest absolute Gasteiger partial charge is 0.451 e. The summed E-state index contributed by atoms with van der Waals surface area (Å²) in [5, 5.41) is 6.17. The van der Waals surface area contributed by atoms with Crippen molar-refractivity contribution >= 4 is 46.5 Å². The normalized spacial score (nSPS) is 11.3. The van der Waals surface area contributed by atoms with Crippen LogP contribution in [-0.4, -0.2) is 12.1 Å². The molecule has 0 aliphatic heterocycles. The van der Waals surface area contributed by atoms with E-state index in [1.54, 1.807) is 18.2 Å². The zero-order valence-electron chi connectivity index (χ0n) is 13.9. The Morgan fingerprint density at radius 2 is 1.85 bits per heavy atom. The molecule has 0 fully saturated rings. The molecule has 0 spiro atoms. The van der Waals surface area contributed by atoms with Crippen molar-refractivity contribution in [2.45, 2.75) is 9.99 Å². The predicted octanol–water partition coefficient (Wildman–Crippen LogP) is 5.59. The lowest BCUT2D eigenvalue weighted by molar-refractivity contribution is 0.0929. The van der Waals surface area contributed by atoms with Gasteiger partial charge in [0.15, 0.2) is 10.9 Å². The van der Waals surface area contributed by atoms with Crippen LogP contribution in [-0.2, 0) is 0 Å². The lowest BCUT2D eigenvalue weighted by atomic mass is 10.2. The second kappa shape index (κ2) is 7.73. The number of hydrogen-bond donors (Lipinski definition) is 1. The second-order valence-electron chi connectivity index (χ2n) is 5.56. The van der Waals surface area contributed by atoms with Crippen LogP contribution in [0.3, 0.4) is 0 Å². The first kappa shape index (κ1) is 17.5. The number of halogens is 1. The maximum Gasteiger partial charge on any atom is 0.307 e. The molecule has 7 heteroatoms. The number of furan rings is 2. The molecule has 0 bridgehead atoms. The Morgan fingerprint density at radius 1 is 1.04 bits per heavy atom. The highest BCUT2D eigenvalue weighted by Crippen LogP contribution is 2.29. The fraction of sp³-hybridized carbons (Fsp3) is 0. The van der Waals surface area contributed by atoms with Crippen LogP contribution in [0.2, 0.25) is 5.02 Å². The molecule has 5 nitrogen and oxygen atoms in total. The van der Waals surface area contributed by atoms with Crippen molar-refractivity contribution in [3.63, 3.8) is 0 Å². The number of nitrogens with one attached hydrogen (secondary N) is 1. The van der Waals surface area contributed by atoms with E-state index in [1.807, 2.05) is 48.5 Å². The number of hydrogen-bond acceptors (Lipinski definition) is 5. The molecule has 134 valence electrons. The summed E-state index contributed by atoms with van der Waals surface area (Å²) in [6.07, 6.45) is 1.44. The zero-order valence-corrected chi connectivity index (χ0v) is 15.5. The molecule has 4 aromatic rings. The van der Waals surface area contributed by atoms with E-state index >= 15 is 0 Å². The van der Waals surface area contributed by atoms with Gasteiger partial charge in [0.05, 0.1) is 6.21 Å². The Bertz CT molecular complexity index is 1080. The van der Waals surface area contributed by atoms with E-state index in [9.17, 15) is 4.79 Å². The van der Waals surface area contributed by atoms with Crippen LogP contribution >= 0.6 is 23.4 Å². The molecule has 2 aromatic heterocycles. The predicted molar refractivity (Wildman–Crippen MR) is 106 cm³/mol. The number of benzene rings is 2. The average molecular weight is 397 g/mol. The SMILES string of the molecule is O=C(N/N=C/c1ccc(Sc2ccc(Cl)cc2)o1)c1cc2ccccc2o1. The summed E-state index contributed by atoms with van der Waals surface area (Å²) < 4.78 is 11.1. The van der Waals surface area contributed by atoms with Crippen molar-refractivity contribution in [2.75, 3.05) is 0 Å². The van der Waals surface area contributed by atoms with E-state index in [1.165, 1.54) is 18.0 Å². The van der Waals surface area contributed by atoms with E-state index in [-0.39, 0.29) is 5.76 Å². The molecule has 0 radical (unpaired) electrons. The second-order valence-corrected chi connectivity index (χ2v) is 7.07. The van der Waals surface area contributed by atoms with Crippen LogP contribution in [0.4, 0.5) is 0 Å². The van der Waals surface area contributed by atoms with Gasteiger partial charge < -0.3 is 8.83 Å². The monoisotopic (exact) mass is 396 g/mol. The molecule has 0 aliphatic rings. The Hall–Kier alpha value is -2.96. The summed E-state index contributed by atoms with van der Waals surface area (Å²) in [5.41, 5.74) is 3.08. The summed E-state index contributed by atoms with van der Waals surface area (Å²) in [6.45, 7) is 0. The molecule has 4 rings (SSSR count). The number of hydrazone groups is 1. The minimum atomic E-state index is -0.426. The Balaban J connectivity index is 1.37. The highest BCUT2D eigenvalue weighted by molar-refractivity contribution is 7.99. The van der Waals surface area contributed by atoms with Crippen molar-refractivity contribution in [1.82, 2.24) is 5.43 Å². The van der Waals surface area contributed by atoms with Crippen LogP contribution in [0.15, 0.2) is 90.7 Å². The van der Waals surface area contributed by atoms with Crippen LogP contribution in [0, 0.1) is 0 Å². The van der Waals surface area contributed by atoms with Crippen molar-refractivity contribution < 1.29 is 13.6 Å². The van der Waals surface area contributed by atoms with E-state index in [4.69, 9.17) is 20.4 Å². The average Bonchev–Trinajstić information content (AvgIpc) is 3.30. The first-order chi connectivity index (χ1) is 13.2. The van der Waals surface area contributed by atoms with E-state index in [0.717, 1.165) is 10.3 Å². The highest BCUT2D eigenvalue weighted by Gasteiger charge is 2.11. The molecule has 2 heterocycles. The quantitative estimate of drug-likeness (QED) is 0.352. The number of carbonyl (C=O) groups is 1. The van der Waals surface area contributed by atoms with Gasteiger partial charge in [-0.2, -0.15) is 5.10 Å². The van der Waals surface area contributed by atoms with Gasteiger partial charge in [0.2, 0.25) is 0 Å². The minimum absolute atomic E-state index is 0.201. The third-order valence-corrected chi connectivity index (χ3v) is 4.82. The molecular weight excluding hydrogens is 384 g/mol. The van der Waals surface area contributed by atoms with Gasteiger partial charge in [0.25, 0.3) is 0 Å². The summed E-state index contributed by atoms with van der Waals surface area (Å²) in [5.74, 6) is 0.299. The van der Waals surface area contributed by atoms with Crippen LogP contribution in [0.5, 0.6) is 0 Å².